The zero-order valence-electron chi connectivity index (χ0n) is 11.0. The predicted octanol–water partition coefficient (Wildman–Crippen LogP) is 1.64. The molecular weight excluding hydrogens is 261 g/mol. The van der Waals surface area contributed by atoms with E-state index in [1.807, 2.05) is 0 Å². The Morgan fingerprint density at radius 3 is 2.95 bits per heavy atom. The van der Waals surface area contributed by atoms with E-state index in [0.29, 0.717) is 11.6 Å². The van der Waals surface area contributed by atoms with Crippen molar-refractivity contribution in [3.63, 3.8) is 0 Å². The third-order valence-corrected chi connectivity index (χ3v) is 3.49. The molecule has 0 spiro atoms. The molecule has 2 aromatic rings. The number of halogens is 1. The summed E-state index contributed by atoms with van der Waals surface area (Å²) in [6.07, 6.45) is 3.51. The second kappa shape index (κ2) is 5.96. The van der Waals surface area contributed by atoms with Crippen molar-refractivity contribution >= 4 is 5.69 Å². The van der Waals surface area contributed by atoms with E-state index in [9.17, 15) is 4.39 Å². The van der Waals surface area contributed by atoms with Crippen LogP contribution in [-0.4, -0.2) is 40.0 Å². The van der Waals surface area contributed by atoms with Crippen molar-refractivity contribution in [2.45, 2.75) is 12.8 Å². The maximum Gasteiger partial charge on any atom is 0.146 e. The molecule has 1 aromatic heterocycles. The fourth-order valence-electron chi connectivity index (χ4n) is 2.28. The smallest absolute Gasteiger partial charge is 0.146 e. The van der Waals surface area contributed by atoms with E-state index in [-0.39, 0.29) is 5.82 Å². The fourth-order valence-corrected chi connectivity index (χ4v) is 2.28. The van der Waals surface area contributed by atoms with Crippen LogP contribution < -0.4 is 5.32 Å². The average molecular weight is 277 g/mol. The van der Waals surface area contributed by atoms with Crippen LogP contribution >= 0.6 is 0 Å². The van der Waals surface area contributed by atoms with Gasteiger partial charge in [0, 0.05) is 19.8 Å². The van der Waals surface area contributed by atoms with Gasteiger partial charge in [-0.3, -0.25) is 0 Å². The average Bonchev–Trinajstić information content (AvgIpc) is 3.02. The summed E-state index contributed by atoms with van der Waals surface area (Å²) in [6.45, 7) is 2.33. The summed E-state index contributed by atoms with van der Waals surface area (Å²) in [7, 11) is 0. The highest BCUT2D eigenvalue weighted by Crippen LogP contribution is 2.20. The van der Waals surface area contributed by atoms with Crippen LogP contribution in [0.25, 0.3) is 5.69 Å². The summed E-state index contributed by atoms with van der Waals surface area (Å²) < 4.78 is 20.6. The molecule has 3 rings (SSSR count). The van der Waals surface area contributed by atoms with Crippen molar-refractivity contribution in [1.82, 2.24) is 20.2 Å². The molecule has 0 unspecified atom stereocenters. The maximum atomic E-state index is 13.8. The Hall–Kier alpha value is -2.02. The van der Waals surface area contributed by atoms with E-state index in [1.54, 1.807) is 12.1 Å². The van der Waals surface area contributed by atoms with Crippen LogP contribution in [0.2, 0.25) is 0 Å². The highest BCUT2D eigenvalue weighted by molar-refractivity contribution is 5.52. The van der Waals surface area contributed by atoms with Gasteiger partial charge in [0.1, 0.15) is 12.1 Å². The Bertz CT molecular complexity index is 554. The summed E-state index contributed by atoms with van der Waals surface area (Å²) in [5.74, 6) is 0.258. The van der Waals surface area contributed by atoms with Crippen molar-refractivity contribution in [1.29, 1.82) is 0 Å². The first-order valence-corrected chi connectivity index (χ1v) is 6.67. The van der Waals surface area contributed by atoms with Gasteiger partial charge in [0.25, 0.3) is 0 Å². The fraction of sp³-hybridized carbons (Fsp3) is 0.462. The normalized spacial score (nSPS) is 16.2. The molecule has 20 heavy (non-hydrogen) atoms. The van der Waals surface area contributed by atoms with Crippen LogP contribution in [0.1, 0.15) is 12.8 Å². The third kappa shape index (κ3) is 2.93. The van der Waals surface area contributed by atoms with Gasteiger partial charge in [0.2, 0.25) is 0 Å². The van der Waals surface area contributed by atoms with Crippen LogP contribution in [-0.2, 0) is 4.74 Å². The molecule has 0 radical (unpaired) electrons. The highest BCUT2D eigenvalue weighted by Gasteiger charge is 2.14. The van der Waals surface area contributed by atoms with E-state index < -0.39 is 0 Å². The second-order valence-electron chi connectivity index (χ2n) is 4.86. The maximum absolute atomic E-state index is 13.8. The Morgan fingerprint density at radius 1 is 1.35 bits per heavy atom. The molecule has 1 saturated heterocycles. The summed E-state index contributed by atoms with van der Waals surface area (Å²) in [5.41, 5.74) is 1.20. The molecule has 1 aliphatic heterocycles. The predicted molar refractivity (Wildman–Crippen MR) is 71.1 cm³/mol. The van der Waals surface area contributed by atoms with Gasteiger partial charge in [-0.05, 0) is 47.4 Å². The number of anilines is 1. The summed E-state index contributed by atoms with van der Waals surface area (Å²) >= 11 is 0. The van der Waals surface area contributed by atoms with Crippen LogP contribution in [0.15, 0.2) is 24.5 Å². The van der Waals surface area contributed by atoms with Gasteiger partial charge in [-0.1, -0.05) is 0 Å². The Labute approximate surface area is 115 Å². The van der Waals surface area contributed by atoms with Crippen LogP contribution in [0.4, 0.5) is 10.1 Å². The van der Waals surface area contributed by atoms with Gasteiger partial charge in [-0.15, -0.1) is 5.10 Å². The standard InChI is InChI=1S/C13H16FN5O/c14-12-2-1-11(19-9-16-17-18-19)7-13(12)15-8-10-3-5-20-6-4-10/h1-2,7,9-10,15H,3-6,8H2. The van der Waals surface area contributed by atoms with E-state index in [0.717, 1.165) is 38.3 Å². The lowest BCUT2D eigenvalue weighted by Crippen LogP contribution is -2.23. The summed E-state index contributed by atoms with van der Waals surface area (Å²) in [6, 6.07) is 4.78. The highest BCUT2D eigenvalue weighted by atomic mass is 19.1. The quantitative estimate of drug-likeness (QED) is 0.920. The minimum absolute atomic E-state index is 0.270. The number of ether oxygens (including phenoxy) is 1. The number of hydrogen-bond donors (Lipinski definition) is 1. The summed E-state index contributed by atoms with van der Waals surface area (Å²) in [5, 5.41) is 14.1. The van der Waals surface area contributed by atoms with Gasteiger partial charge in [0.15, 0.2) is 0 Å². The first-order chi connectivity index (χ1) is 9.83. The Morgan fingerprint density at radius 2 is 2.20 bits per heavy atom. The van der Waals surface area contributed by atoms with Crippen molar-refractivity contribution in [3.8, 4) is 5.69 Å². The second-order valence-corrected chi connectivity index (χ2v) is 4.86. The molecule has 7 heteroatoms. The number of hydrogen-bond acceptors (Lipinski definition) is 5. The lowest BCUT2D eigenvalue weighted by Gasteiger charge is -2.22. The Balaban J connectivity index is 1.70. The van der Waals surface area contributed by atoms with Crippen LogP contribution in [0.5, 0.6) is 0 Å². The molecule has 1 N–H and O–H groups in total. The lowest BCUT2D eigenvalue weighted by molar-refractivity contribution is 0.0699. The van der Waals surface area contributed by atoms with Gasteiger partial charge in [-0.2, -0.15) is 0 Å². The number of benzene rings is 1. The molecule has 0 saturated carbocycles. The van der Waals surface area contributed by atoms with Gasteiger partial charge in [-0.25, -0.2) is 9.07 Å². The van der Waals surface area contributed by atoms with Crippen molar-refractivity contribution in [3.05, 3.63) is 30.3 Å². The number of nitrogens with one attached hydrogen (secondary N) is 1. The van der Waals surface area contributed by atoms with E-state index in [2.05, 4.69) is 20.8 Å². The SMILES string of the molecule is Fc1ccc(-n2cnnn2)cc1NCC1CCOCC1. The molecule has 2 heterocycles. The molecule has 0 atom stereocenters. The molecule has 106 valence electrons. The first-order valence-electron chi connectivity index (χ1n) is 6.67. The van der Waals surface area contributed by atoms with E-state index >= 15 is 0 Å². The monoisotopic (exact) mass is 277 g/mol. The topological polar surface area (TPSA) is 64.9 Å². The molecular formula is C13H16FN5O. The van der Waals surface area contributed by atoms with Crippen molar-refractivity contribution in [2.24, 2.45) is 5.92 Å². The number of aromatic nitrogens is 4. The first kappa shape index (κ1) is 13.0. The van der Waals surface area contributed by atoms with Crippen molar-refractivity contribution < 1.29 is 9.13 Å². The molecule has 0 amide bonds. The number of rotatable bonds is 4. The summed E-state index contributed by atoms with van der Waals surface area (Å²) in [4.78, 5) is 0. The molecule has 0 aliphatic carbocycles. The minimum Gasteiger partial charge on any atom is -0.382 e. The van der Waals surface area contributed by atoms with Gasteiger partial charge in [0.05, 0.1) is 11.4 Å². The number of nitrogens with zero attached hydrogens (tertiary/aromatic N) is 4. The largest absolute Gasteiger partial charge is 0.382 e. The third-order valence-electron chi connectivity index (χ3n) is 3.49. The van der Waals surface area contributed by atoms with Crippen LogP contribution in [0.3, 0.4) is 0 Å². The van der Waals surface area contributed by atoms with Crippen molar-refractivity contribution in [2.75, 3.05) is 25.1 Å². The lowest BCUT2D eigenvalue weighted by atomic mass is 10.0. The number of tetrazole rings is 1. The van der Waals surface area contributed by atoms with Gasteiger partial charge < -0.3 is 10.1 Å². The van der Waals surface area contributed by atoms with Crippen LogP contribution in [0, 0.1) is 11.7 Å². The molecule has 1 aliphatic rings. The van der Waals surface area contributed by atoms with E-state index in [4.69, 9.17) is 4.74 Å². The zero-order valence-corrected chi connectivity index (χ0v) is 11.0. The van der Waals surface area contributed by atoms with Gasteiger partial charge >= 0.3 is 0 Å². The molecule has 1 aromatic carbocycles. The molecule has 1 fully saturated rings. The minimum atomic E-state index is -0.270. The molecule has 0 bridgehead atoms. The van der Waals surface area contributed by atoms with E-state index in [1.165, 1.54) is 17.1 Å². The molecule has 6 nitrogen and oxygen atoms in total. The Kier molecular flexibility index (Phi) is 3.87. The zero-order chi connectivity index (χ0) is 13.8.